The number of benzene rings is 1. The fraction of sp³-hybridized carbons (Fsp3) is 0.524. The molecule has 1 rings (SSSR count). The lowest BCUT2D eigenvalue weighted by molar-refractivity contribution is -0.384. The molecular formula is C21H31N3O7S. The van der Waals surface area contributed by atoms with Gasteiger partial charge in [-0.15, -0.1) is 6.58 Å². The van der Waals surface area contributed by atoms with Crippen LogP contribution in [0, 0.1) is 16.0 Å². The molecule has 0 aromatic heterocycles. The Morgan fingerprint density at radius 2 is 1.84 bits per heavy atom. The van der Waals surface area contributed by atoms with Gasteiger partial charge in [0.05, 0.1) is 22.2 Å². The van der Waals surface area contributed by atoms with Crippen molar-refractivity contribution in [3.63, 3.8) is 0 Å². The van der Waals surface area contributed by atoms with Crippen LogP contribution >= 0.6 is 0 Å². The predicted octanol–water partition coefficient (Wildman–Crippen LogP) is 2.64. The zero-order valence-electron chi connectivity index (χ0n) is 19.0. The van der Waals surface area contributed by atoms with Crippen molar-refractivity contribution in [2.24, 2.45) is 5.92 Å². The molecule has 1 aromatic rings. The van der Waals surface area contributed by atoms with Crippen LogP contribution in [-0.4, -0.2) is 55.4 Å². The summed E-state index contributed by atoms with van der Waals surface area (Å²) in [6.07, 6.45) is 1.69. The van der Waals surface area contributed by atoms with E-state index in [1.165, 1.54) is 11.9 Å². The third-order valence-corrected chi connectivity index (χ3v) is 6.01. The number of non-ortho nitro benzene ring substituents is 1. The first kappa shape index (κ1) is 27.2. The van der Waals surface area contributed by atoms with Crippen LogP contribution < -0.4 is 4.72 Å². The van der Waals surface area contributed by atoms with Crippen molar-refractivity contribution in [3.8, 4) is 0 Å². The van der Waals surface area contributed by atoms with Gasteiger partial charge in [0.25, 0.3) is 5.69 Å². The van der Waals surface area contributed by atoms with Gasteiger partial charge in [-0.2, -0.15) is 0 Å². The van der Waals surface area contributed by atoms with Crippen molar-refractivity contribution in [2.45, 2.75) is 57.1 Å². The van der Waals surface area contributed by atoms with E-state index >= 15 is 0 Å². The number of allylic oxidation sites excluding steroid dienone is 1. The number of nitrogens with one attached hydrogen (secondary N) is 1. The molecule has 1 amide bonds. The van der Waals surface area contributed by atoms with Crippen LogP contribution in [0.1, 0.15) is 40.5 Å². The summed E-state index contributed by atoms with van der Waals surface area (Å²) >= 11 is 0. The molecule has 1 N–H and O–H groups in total. The molecule has 0 bridgehead atoms. The van der Waals surface area contributed by atoms with Gasteiger partial charge < -0.3 is 9.64 Å². The highest BCUT2D eigenvalue weighted by atomic mass is 32.2. The van der Waals surface area contributed by atoms with E-state index in [-0.39, 0.29) is 35.9 Å². The number of likely N-dealkylation sites (N-methyl/N-ethyl adjacent to an activating group) is 1. The summed E-state index contributed by atoms with van der Waals surface area (Å²) in [6.45, 7) is 10.4. The number of nitro benzene ring substituents is 1. The SMILES string of the molecule is C=CC[C@H](CC(=O)OC(C)(C)C)C(=O)N(C)[C@@H](C)CNS(=O)(=O)c1ccc([N+](=O)[O-])cc1. The van der Waals surface area contributed by atoms with E-state index in [1.807, 2.05) is 0 Å². The highest BCUT2D eigenvalue weighted by Crippen LogP contribution is 2.19. The summed E-state index contributed by atoms with van der Waals surface area (Å²) in [7, 11) is -2.40. The van der Waals surface area contributed by atoms with Gasteiger partial charge in [-0.1, -0.05) is 6.08 Å². The Balaban J connectivity index is 2.80. The van der Waals surface area contributed by atoms with Crippen LogP contribution in [0.2, 0.25) is 0 Å². The van der Waals surface area contributed by atoms with Crippen molar-refractivity contribution in [1.29, 1.82) is 0 Å². The minimum atomic E-state index is -3.93. The average molecular weight is 470 g/mol. The third-order valence-electron chi connectivity index (χ3n) is 4.57. The first-order valence-electron chi connectivity index (χ1n) is 10.0. The molecule has 0 aliphatic heterocycles. The molecule has 10 nitrogen and oxygen atoms in total. The molecule has 32 heavy (non-hydrogen) atoms. The monoisotopic (exact) mass is 469 g/mol. The molecule has 0 heterocycles. The number of carbonyl (C=O) groups excluding carboxylic acids is 2. The second-order valence-corrected chi connectivity index (χ2v) is 10.2. The van der Waals surface area contributed by atoms with Gasteiger partial charge in [-0.3, -0.25) is 19.7 Å². The van der Waals surface area contributed by atoms with E-state index < -0.39 is 38.5 Å². The van der Waals surface area contributed by atoms with E-state index in [0.29, 0.717) is 0 Å². The van der Waals surface area contributed by atoms with Crippen LogP contribution in [0.5, 0.6) is 0 Å². The number of sulfonamides is 1. The Morgan fingerprint density at radius 3 is 2.31 bits per heavy atom. The van der Waals surface area contributed by atoms with Crippen LogP contribution in [0.25, 0.3) is 0 Å². The molecule has 0 saturated heterocycles. The molecule has 0 spiro atoms. The molecule has 1 aromatic carbocycles. The van der Waals surface area contributed by atoms with Crippen molar-refractivity contribution in [3.05, 3.63) is 47.0 Å². The number of hydrogen-bond donors (Lipinski definition) is 1. The van der Waals surface area contributed by atoms with Gasteiger partial charge in [-0.05, 0) is 46.2 Å². The van der Waals surface area contributed by atoms with Crippen LogP contribution in [0.4, 0.5) is 5.69 Å². The summed E-state index contributed by atoms with van der Waals surface area (Å²) in [5.41, 5.74) is -0.894. The Labute approximate surface area is 188 Å². The minimum absolute atomic E-state index is 0.0885. The average Bonchev–Trinajstić information content (AvgIpc) is 2.69. The van der Waals surface area contributed by atoms with Crippen LogP contribution in [-0.2, 0) is 24.3 Å². The lowest BCUT2D eigenvalue weighted by Crippen LogP contribution is -2.45. The number of ether oxygens (including phenoxy) is 1. The van der Waals surface area contributed by atoms with Crippen LogP contribution in [0.15, 0.2) is 41.8 Å². The van der Waals surface area contributed by atoms with Gasteiger partial charge in [-0.25, -0.2) is 13.1 Å². The number of nitro groups is 1. The smallest absolute Gasteiger partial charge is 0.307 e. The second kappa shape index (κ2) is 11.2. The van der Waals surface area contributed by atoms with Gasteiger partial charge in [0.1, 0.15) is 5.60 Å². The number of carbonyl (C=O) groups is 2. The lowest BCUT2D eigenvalue weighted by atomic mass is 9.99. The molecule has 0 aliphatic carbocycles. The fourth-order valence-corrected chi connectivity index (χ4v) is 3.88. The van der Waals surface area contributed by atoms with Crippen molar-refractivity contribution in [2.75, 3.05) is 13.6 Å². The van der Waals surface area contributed by atoms with E-state index in [0.717, 1.165) is 24.3 Å². The Bertz CT molecular complexity index is 937. The molecule has 0 unspecified atom stereocenters. The van der Waals surface area contributed by atoms with Crippen LogP contribution in [0.3, 0.4) is 0 Å². The van der Waals surface area contributed by atoms with Gasteiger partial charge in [0, 0.05) is 31.8 Å². The number of esters is 1. The normalized spacial score (nSPS) is 13.7. The Kier molecular flexibility index (Phi) is 9.52. The third kappa shape index (κ3) is 8.39. The summed E-state index contributed by atoms with van der Waals surface area (Å²) in [6, 6.07) is 3.96. The molecule has 0 fully saturated rings. The maximum atomic E-state index is 12.9. The molecule has 0 saturated carbocycles. The number of amides is 1. The maximum Gasteiger partial charge on any atom is 0.307 e. The topological polar surface area (TPSA) is 136 Å². The first-order valence-corrected chi connectivity index (χ1v) is 11.5. The fourth-order valence-electron chi connectivity index (χ4n) is 2.76. The standard InChI is InChI=1S/C21H31N3O7S/c1-7-8-16(13-19(25)31-21(3,4)5)20(26)23(6)15(2)14-22-32(29,30)18-11-9-17(10-12-18)24(27)28/h7,9-12,15-16,22H,1,8,13-14H2,2-6H3/t15-,16+/m0/s1. The molecular weight excluding hydrogens is 438 g/mol. The largest absolute Gasteiger partial charge is 0.460 e. The predicted molar refractivity (Wildman–Crippen MR) is 119 cm³/mol. The molecule has 0 radical (unpaired) electrons. The van der Waals surface area contributed by atoms with Crippen molar-refractivity contribution < 1.29 is 27.7 Å². The highest BCUT2D eigenvalue weighted by molar-refractivity contribution is 7.89. The van der Waals surface area contributed by atoms with Crippen molar-refractivity contribution in [1.82, 2.24) is 9.62 Å². The quantitative estimate of drug-likeness (QED) is 0.228. The van der Waals surface area contributed by atoms with E-state index in [1.54, 1.807) is 33.8 Å². The van der Waals surface area contributed by atoms with E-state index in [9.17, 15) is 28.1 Å². The summed E-state index contributed by atoms with van der Waals surface area (Å²) < 4.78 is 32.6. The van der Waals surface area contributed by atoms with Crippen molar-refractivity contribution >= 4 is 27.6 Å². The van der Waals surface area contributed by atoms with Gasteiger partial charge >= 0.3 is 5.97 Å². The summed E-state index contributed by atoms with van der Waals surface area (Å²) in [5.74, 6) is -1.52. The number of rotatable bonds is 11. The van der Waals surface area contributed by atoms with Gasteiger partial charge in [0.15, 0.2) is 0 Å². The number of hydrogen-bond acceptors (Lipinski definition) is 7. The second-order valence-electron chi connectivity index (χ2n) is 8.41. The highest BCUT2D eigenvalue weighted by Gasteiger charge is 2.29. The lowest BCUT2D eigenvalue weighted by Gasteiger charge is -2.29. The number of nitrogens with zero attached hydrogens (tertiary/aromatic N) is 2. The van der Waals surface area contributed by atoms with Gasteiger partial charge in [0.2, 0.25) is 15.9 Å². The molecule has 0 aliphatic rings. The molecule has 11 heteroatoms. The molecule has 178 valence electrons. The zero-order chi connectivity index (χ0) is 24.7. The van der Waals surface area contributed by atoms with E-state index in [4.69, 9.17) is 4.74 Å². The Hall–Kier alpha value is -2.79. The first-order chi connectivity index (χ1) is 14.7. The zero-order valence-corrected chi connectivity index (χ0v) is 19.8. The van der Waals surface area contributed by atoms with E-state index in [2.05, 4.69) is 11.3 Å². The Morgan fingerprint density at radius 1 is 1.28 bits per heavy atom. The summed E-state index contributed by atoms with van der Waals surface area (Å²) in [5, 5.41) is 10.7. The summed E-state index contributed by atoms with van der Waals surface area (Å²) in [4.78, 5) is 36.4. The molecule has 2 atom stereocenters. The maximum absolute atomic E-state index is 12.9. The minimum Gasteiger partial charge on any atom is -0.460 e.